The van der Waals surface area contributed by atoms with Gasteiger partial charge in [0.2, 0.25) is 11.8 Å². The third kappa shape index (κ3) is 8.70. The molecule has 3 amide bonds. The van der Waals surface area contributed by atoms with Crippen molar-refractivity contribution in [2.45, 2.75) is 77.7 Å². The van der Waals surface area contributed by atoms with Crippen LogP contribution < -0.4 is 16.4 Å². The van der Waals surface area contributed by atoms with Crippen LogP contribution in [-0.2, 0) is 9.59 Å². The molecule has 0 aliphatic heterocycles. The van der Waals surface area contributed by atoms with Crippen molar-refractivity contribution in [1.82, 2.24) is 10.2 Å². The summed E-state index contributed by atoms with van der Waals surface area (Å²) in [4.78, 5) is 40.1. The lowest BCUT2D eigenvalue weighted by Gasteiger charge is -2.26. The Kier molecular flexibility index (Phi) is 10.3. The summed E-state index contributed by atoms with van der Waals surface area (Å²) in [6.45, 7) is 4.46. The zero-order valence-electron chi connectivity index (χ0n) is 21.6. The molecule has 0 unspecified atom stereocenters. The van der Waals surface area contributed by atoms with Gasteiger partial charge in [-0.15, -0.1) is 0 Å². The van der Waals surface area contributed by atoms with E-state index in [2.05, 4.69) is 10.6 Å². The molecule has 2 aromatic carbocycles. The van der Waals surface area contributed by atoms with Crippen LogP contribution >= 0.6 is 0 Å². The van der Waals surface area contributed by atoms with Crippen LogP contribution in [0.1, 0.15) is 79.3 Å². The number of unbranched alkanes of at least 4 members (excludes halogenated alkanes) is 2. The number of hydrogen-bond acceptors (Lipinski definition) is 4. The maximum absolute atomic E-state index is 13.4. The maximum Gasteiger partial charge on any atom is 0.254 e. The molecule has 36 heavy (non-hydrogen) atoms. The van der Waals surface area contributed by atoms with Crippen molar-refractivity contribution in [2.75, 3.05) is 24.1 Å². The molecule has 0 radical (unpaired) electrons. The van der Waals surface area contributed by atoms with Gasteiger partial charge >= 0.3 is 0 Å². The molecule has 0 spiro atoms. The van der Waals surface area contributed by atoms with Gasteiger partial charge in [0.25, 0.3) is 5.91 Å². The fourth-order valence-electron chi connectivity index (χ4n) is 4.82. The van der Waals surface area contributed by atoms with Gasteiger partial charge in [-0.1, -0.05) is 55.0 Å². The first kappa shape index (κ1) is 27.2. The average Bonchev–Trinajstić information content (AvgIpc) is 2.84. The van der Waals surface area contributed by atoms with E-state index in [9.17, 15) is 14.4 Å². The molecule has 3 rings (SSSR count). The summed E-state index contributed by atoms with van der Waals surface area (Å²) < 4.78 is 0. The number of carbonyl (C=O) groups excluding carboxylic acids is 3. The molecule has 0 saturated heterocycles. The first-order chi connectivity index (χ1) is 17.3. The molecule has 1 saturated carbocycles. The molecule has 1 aliphatic rings. The van der Waals surface area contributed by atoms with E-state index in [4.69, 9.17) is 5.73 Å². The molecule has 1 aliphatic carbocycles. The molecule has 1 fully saturated rings. The van der Waals surface area contributed by atoms with Crippen molar-refractivity contribution in [3.8, 4) is 0 Å². The van der Waals surface area contributed by atoms with Crippen molar-refractivity contribution in [3.63, 3.8) is 0 Å². The van der Waals surface area contributed by atoms with Crippen LogP contribution in [0.3, 0.4) is 0 Å². The molecule has 4 N–H and O–H groups in total. The molecular formula is C29H40N4O3. The van der Waals surface area contributed by atoms with Crippen LogP contribution in [0.15, 0.2) is 42.5 Å². The number of benzene rings is 2. The molecule has 2 aromatic rings. The third-order valence-corrected chi connectivity index (χ3v) is 6.63. The Hall–Kier alpha value is -3.35. The van der Waals surface area contributed by atoms with Crippen molar-refractivity contribution in [1.29, 1.82) is 0 Å². The van der Waals surface area contributed by atoms with E-state index >= 15 is 0 Å². The molecule has 194 valence electrons. The molecular weight excluding hydrogens is 452 g/mol. The van der Waals surface area contributed by atoms with Crippen molar-refractivity contribution >= 4 is 29.1 Å². The summed E-state index contributed by atoms with van der Waals surface area (Å²) >= 11 is 0. The zero-order valence-corrected chi connectivity index (χ0v) is 21.6. The number of amides is 3. The van der Waals surface area contributed by atoms with Crippen molar-refractivity contribution in [2.24, 2.45) is 0 Å². The Bertz CT molecular complexity index is 1030. The maximum atomic E-state index is 13.4. The van der Waals surface area contributed by atoms with E-state index in [1.54, 1.807) is 17.0 Å². The molecule has 7 nitrogen and oxygen atoms in total. The molecule has 0 atom stereocenters. The summed E-state index contributed by atoms with van der Waals surface area (Å²) in [5, 5.41) is 5.97. The summed E-state index contributed by atoms with van der Waals surface area (Å²) in [7, 11) is 0. The summed E-state index contributed by atoms with van der Waals surface area (Å²) in [5.74, 6) is -0.305. The normalized spacial score (nSPS) is 13.7. The number of aryl methyl sites for hydroxylation is 2. The largest absolute Gasteiger partial charge is 0.397 e. The van der Waals surface area contributed by atoms with E-state index in [0.29, 0.717) is 42.7 Å². The Morgan fingerprint density at radius 2 is 1.61 bits per heavy atom. The SMILES string of the molecule is Cc1cc(C)cc(C(=O)N(CCCCCC(=O)Nc2ccccc2N)CC(=O)NC2CCCCC2)c1. The van der Waals surface area contributed by atoms with Gasteiger partial charge in [0, 0.05) is 24.6 Å². The van der Waals surface area contributed by atoms with Gasteiger partial charge < -0.3 is 21.3 Å². The Balaban J connectivity index is 1.52. The predicted molar refractivity (Wildman–Crippen MR) is 145 cm³/mol. The topological polar surface area (TPSA) is 105 Å². The fraction of sp³-hybridized carbons (Fsp3) is 0.483. The van der Waals surface area contributed by atoms with Gasteiger partial charge in [0.1, 0.15) is 0 Å². The highest BCUT2D eigenvalue weighted by molar-refractivity contribution is 5.97. The highest BCUT2D eigenvalue weighted by Crippen LogP contribution is 2.19. The zero-order chi connectivity index (χ0) is 25.9. The van der Waals surface area contributed by atoms with Crippen molar-refractivity contribution < 1.29 is 14.4 Å². The number of hydrogen-bond donors (Lipinski definition) is 3. The highest BCUT2D eigenvalue weighted by atomic mass is 16.2. The minimum Gasteiger partial charge on any atom is -0.397 e. The van der Waals surface area contributed by atoms with Gasteiger partial charge in [-0.25, -0.2) is 0 Å². The second-order valence-electron chi connectivity index (χ2n) is 9.95. The highest BCUT2D eigenvalue weighted by Gasteiger charge is 2.22. The Labute approximate surface area is 214 Å². The monoisotopic (exact) mass is 492 g/mol. The first-order valence-corrected chi connectivity index (χ1v) is 13.1. The lowest BCUT2D eigenvalue weighted by Crippen LogP contribution is -2.45. The quantitative estimate of drug-likeness (QED) is 0.304. The van der Waals surface area contributed by atoms with Gasteiger partial charge in [0.15, 0.2) is 0 Å². The average molecular weight is 493 g/mol. The van der Waals surface area contributed by atoms with Crippen LogP contribution in [0.25, 0.3) is 0 Å². The number of carbonyl (C=O) groups is 3. The molecule has 0 heterocycles. The fourth-order valence-corrected chi connectivity index (χ4v) is 4.82. The summed E-state index contributed by atoms with van der Waals surface area (Å²) in [6.07, 6.45) is 8.08. The van der Waals surface area contributed by atoms with Gasteiger partial charge in [-0.2, -0.15) is 0 Å². The van der Waals surface area contributed by atoms with E-state index in [-0.39, 0.29) is 30.3 Å². The van der Waals surface area contributed by atoms with Gasteiger partial charge in [-0.3, -0.25) is 14.4 Å². The molecule has 0 aromatic heterocycles. The first-order valence-electron chi connectivity index (χ1n) is 13.1. The standard InChI is InChI=1S/C29H40N4O3/c1-21-17-22(2)19-23(18-21)29(36)33(20-28(35)31-24-11-5-3-6-12-24)16-10-4-7-15-27(34)32-26-14-9-8-13-25(26)30/h8-9,13-14,17-19,24H,3-7,10-12,15-16,20,30H2,1-2H3,(H,31,35)(H,32,34). The summed E-state index contributed by atoms with van der Waals surface area (Å²) in [6, 6.07) is 13.2. The van der Waals surface area contributed by atoms with Crippen LogP contribution in [0.4, 0.5) is 11.4 Å². The minimum absolute atomic E-state index is 0.0517. The lowest BCUT2D eigenvalue weighted by atomic mass is 9.95. The van der Waals surface area contributed by atoms with E-state index < -0.39 is 0 Å². The van der Waals surface area contributed by atoms with E-state index in [0.717, 1.165) is 43.2 Å². The van der Waals surface area contributed by atoms with Gasteiger partial charge in [-0.05, 0) is 63.8 Å². The minimum atomic E-state index is -0.127. The van der Waals surface area contributed by atoms with Crippen LogP contribution in [0.5, 0.6) is 0 Å². The Morgan fingerprint density at radius 3 is 2.31 bits per heavy atom. The number of anilines is 2. The van der Waals surface area contributed by atoms with E-state index in [1.165, 1.54) is 6.42 Å². The predicted octanol–water partition coefficient (Wildman–Crippen LogP) is 4.98. The second kappa shape index (κ2) is 13.7. The van der Waals surface area contributed by atoms with Crippen LogP contribution in [0, 0.1) is 13.8 Å². The van der Waals surface area contributed by atoms with Gasteiger partial charge in [0.05, 0.1) is 17.9 Å². The Morgan fingerprint density at radius 1 is 0.917 bits per heavy atom. The number of nitrogens with zero attached hydrogens (tertiary/aromatic N) is 1. The number of nitrogen functional groups attached to an aromatic ring is 1. The number of para-hydroxylation sites is 2. The molecule has 0 bridgehead atoms. The van der Waals surface area contributed by atoms with Crippen molar-refractivity contribution in [3.05, 3.63) is 59.2 Å². The van der Waals surface area contributed by atoms with E-state index in [1.807, 2.05) is 44.2 Å². The van der Waals surface area contributed by atoms with Crippen LogP contribution in [-0.4, -0.2) is 41.8 Å². The summed E-state index contributed by atoms with van der Waals surface area (Å²) in [5.41, 5.74) is 9.70. The number of nitrogens with two attached hydrogens (primary N) is 1. The number of rotatable bonds is 11. The molecule has 7 heteroatoms. The lowest BCUT2D eigenvalue weighted by molar-refractivity contribution is -0.122. The third-order valence-electron chi connectivity index (χ3n) is 6.63. The smallest absolute Gasteiger partial charge is 0.254 e. The second-order valence-corrected chi connectivity index (χ2v) is 9.95. The van der Waals surface area contributed by atoms with Crippen LogP contribution in [0.2, 0.25) is 0 Å². The number of nitrogens with one attached hydrogen (secondary N) is 2.